The number of alkyl halides is 6. The standard InChI is InChI=1S/C21H16F6O6S2/c22-20(23,24)34(28,29)32-15-5-1-3-11-9-13-7-8-14-10-12-4-2-6-16(18(12)19(13,14)17(11)15)33-35(30,31)21(25,26)27/h1-6,13-14H,7-10H2. The van der Waals surface area contributed by atoms with E-state index in [1.165, 1.54) is 12.1 Å². The van der Waals surface area contributed by atoms with Crippen molar-refractivity contribution in [3.63, 3.8) is 0 Å². The second-order valence-electron chi connectivity index (χ2n) is 8.80. The average molecular weight is 542 g/mol. The van der Waals surface area contributed by atoms with Gasteiger partial charge in [0.2, 0.25) is 0 Å². The molecule has 2 atom stereocenters. The molecular weight excluding hydrogens is 526 g/mol. The monoisotopic (exact) mass is 542 g/mol. The number of fused-ring (bicyclic) bond motifs is 2. The number of benzene rings is 2. The number of hydrogen-bond acceptors (Lipinski definition) is 6. The van der Waals surface area contributed by atoms with Crippen LogP contribution >= 0.6 is 0 Å². The first-order valence-corrected chi connectivity index (χ1v) is 13.2. The van der Waals surface area contributed by atoms with Crippen molar-refractivity contribution in [3.05, 3.63) is 58.7 Å². The normalized spacial score (nSPS) is 25.5. The molecule has 0 saturated heterocycles. The summed E-state index contributed by atoms with van der Waals surface area (Å²) in [4.78, 5) is 0. The van der Waals surface area contributed by atoms with Crippen molar-refractivity contribution in [2.75, 3.05) is 0 Å². The summed E-state index contributed by atoms with van der Waals surface area (Å²) in [5, 5.41) is 0. The van der Waals surface area contributed by atoms with Crippen LogP contribution in [0.1, 0.15) is 35.1 Å². The molecular formula is C21H16F6O6S2. The maximum Gasteiger partial charge on any atom is 0.534 e. The van der Waals surface area contributed by atoms with Gasteiger partial charge in [-0.3, -0.25) is 0 Å². The molecule has 14 heteroatoms. The fourth-order valence-electron chi connectivity index (χ4n) is 6.09. The topological polar surface area (TPSA) is 86.7 Å². The Morgan fingerprint density at radius 1 is 0.686 bits per heavy atom. The Kier molecular flexibility index (Phi) is 5.04. The second kappa shape index (κ2) is 7.28. The van der Waals surface area contributed by atoms with E-state index in [2.05, 4.69) is 8.37 Å². The molecule has 35 heavy (non-hydrogen) atoms. The minimum absolute atomic E-state index is 0.111. The summed E-state index contributed by atoms with van der Waals surface area (Å²) in [5.74, 6) is -1.84. The SMILES string of the molecule is O=S(=O)(Oc1cccc2c1C13c4c(cccc4OS(=O)(=O)C(F)(F)F)CC1CCC3C2)C(F)(F)F. The van der Waals surface area contributed by atoms with E-state index < -0.39 is 48.2 Å². The Hall–Kier alpha value is -2.48. The summed E-state index contributed by atoms with van der Waals surface area (Å²) in [6.07, 6.45) is 1.69. The van der Waals surface area contributed by atoms with Gasteiger partial charge in [-0.1, -0.05) is 24.3 Å². The van der Waals surface area contributed by atoms with Crippen LogP contribution in [-0.4, -0.2) is 27.9 Å². The number of hydrogen-bond donors (Lipinski definition) is 0. The lowest BCUT2D eigenvalue weighted by atomic mass is 9.69. The lowest BCUT2D eigenvalue weighted by Gasteiger charge is -2.34. The zero-order valence-corrected chi connectivity index (χ0v) is 19.1. The van der Waals surface area contributed by atoms with Gasteiger partial charge in [0.1, 0.15) is 11.5 Å². The van der Waals surface area contributed by atoms with E-state index in [-0.39, 0.29) is 23.0 Å². The van der Waals surface area contributed by atoms with Gasteiger partial charge in [-0.2, -0.15) is 43.2 Å². The Bertz CT molecular complexity index is 1320. The molecule has 0 aromatic heterocycles. The van der Waals surface area contributed by atoms with Gasteiger partial charge < -0.3 is 8.37 Å². The van der Waals surface area contributed by atoms with E-state index in [0.29, 0.717) is 36.8 Å². The van der Waals surface area contributed by atoms with Crippen LogP contribution in [0.3, 0.4) is 0 Å². The van der Waals surface area contributed by atoms with Gasteiger partial charge in [0, 0.05) is 16.5 Å². The van der Waals surface area contributed by atoms with Gasteiger partial charge in [0.25, 0.3) is 0 Å². The summed E-state index contributed by atoms with van der Waals surface area (Å²) in [7, 11) is -12.1. The summed E-state index contributed by atoms with van der Waals surface area (Å²) >= 11 is 0. The molecule has 6 nitrogen and oxygen atoms in total. The first kappa shape index (κ1) is 24.2. The third-order valence-corrected chi connectivity index (χ3v) is 9.03. The molecule has 1 fully saturated rings. The molecule has 2 unspecified atom stereocenters. The van der Waals surface area contributed by atoms with Gasteiger partial charge >= 0.3 is 31.3 Å². The van der Waals surface area contributed by atoms with Crippen LogP contribution in [0.15, 0.2) is 36.4 Å². The Morgan fingerprint density at radius 2 is 1.06 bits per heavy atom. The highest BCUT2D eigenvalue weighted by Crippen LogP contribution is 2.68. The first-order valence-electron chi connectivity index (χ1n) is 10.4. The molecule has 0 aliphatic heterocycles. The molecule has 3 aliphatic carbocycles. The van der Waals surface area contributed by atoms with E-state index in [0.717, 1.165) is 12.1 Å². The van der Waals surface area contributed by atoms with Crippen LogP contribution in [0, 0.1) is 11.8 Å². The lowest BCUT2D eigenvalue weighted by molar-refractivity contribution is -0.0504. The molecule has 1 spiro atoms. The van der Waals surface area contributed by atoms with Crippen molar-refractivity contribution < 1.29 is 51.5 Å². The fraction of sp³-hybridized carbons (Fsp3) is 0.429. The summed E-state index contributed by atoms with van der Waals surface area (Å²) in [6.45, 7) is 0. The highest BCUT2D eigenvalue weighted by molar-refractivity contribution is 7.88. The van der Waals surface area contributed by atoms with Gasteiger partial charge in [-0.05, 0) is 60.8 Å². The number of rotatable bonds is 4. The van der Waals surface area contributed by atoms with E-state index in [1.54, 1.807) is 12.1 Å². The summed E-state index contributed by atoms with van der Waals surface area (Å²) in [6, 6.07) is 7.95. The van der Waals surface area contributed by atoms with Crippen molar-refractivity contribution in [3.8, 4) is 11.5 Å². The minimum Gasteiger partial charge on any atom is -0.376 e. The maximum atomic E-state index is 13.1. The van der Waals surface area contributed by atoms with Crippen LogP contribution in [-0.2, 0) is 38.5 Å². The predicted molar refractivity (Wildman–Crippen MR) is 108 cm³/mol. The van der Waals surface area contributed by atoms with Gasteiger partial charge in [0.05, 0.1) is 0 Å². The zero-order valence-electron chi connectivity index (χ0n) is 17.5. The van der Waals surface area contributed by atoms with Crippen LogP contribution in [0.25, 0.3) is 0 Å². The highest BCUT2D eigenvalue weighted by atomic mass is 32.2. The molecule has 1 saturated carbocycles. The Balaban J connectivity index is 1.74. The molecule has 190 valence electrons. The third kappa shape index (κ3) is 3.35. The predicted octanol–water partition coefficient (Wildman–Crippen LogP) is 4.57. The summed E-state index contributed by atoms with van der Waals surface area (Å²) < 4.78 is 135. The van der Waals surface area contributed by atoms with E-state index in [9.17, 15) is 43.2 Å². The van der Waals surface area contributed by atoms with Gasteiger partial charge in [-0.25, -0.2) is 0 Å². The zero-order chi connectivity index (χ0) is 25.6. The molecule has 2 aromatic carbocycles. The van der Waals surface area contributed by atoms with Crippen LogP contribution < -0.4 is 8.37 Å². The molecule has 2 aromatic rings. The Labute approximate surface area is 196 Å². The smallest absolute Gasteiger partial charge is 0.376 e. The van der Waals surface area contributed by atoms with Crippen molar-refractivity contribution in [1.29, 1.82) is 0 Å². The molecule has 0 radical (unpaired) electrons. The molecule has 0 heterocycles. The van der Waals surface area contributed by atoms with Gasteiger partial charge in [0.15, 0.2) is 0 Å². The molecule has 5 rings (SSSR count). The average Bonchev–Trinajstić information content (AvgIpc) is 3.32. The van der Waals surface area contributed by atoms with Crippen LogP contribution in [0.4, 0.5) is 26.3 Å². The lowest BCUT2D eigenvalue weighted by Crippen LogP contribution is -2.35. The highest BCUT2D eigenvalue weighted by Gasteiger charge is 2.63. The van der Waals surface area contributed by atoms with Crippen LogP contribution in [0.5, 0.6) is 11.5 Å². The van der Waals surface area contributed by atoms with E-state index >= 15 is 0 Å². The maximum absolute atomic E-state index is 13.1. The van der Waals surface area contributed by atoms with Crippen LogP contribution in [0.2, 0.25) is 0 Å². The fourth-order valence-corrected chi connectivity index (χ4v) is 7.03. The Morgan fingerprint density at radius 3 is 1.40 bits per heavy atom. The van der Waals surface area contributed by atoms with E-state index in [4.69, 9.17) is 0 Å². The largest absolute Gasteiger partial charge is 0.534 e. The number of halogens is 6. The quantitative estimate of drug-likeness (QED) is 0.320. The van der Waals surface area contributed by atoms with E-state index in [1.807, 2.05) is 0 Å². The third-order valence-electron chi connectivity index (χ3n) is 7.10. The van der Waals surface area contributed by atoms with Crippen molar-refractivity contribution >= 4 is 20.2 Å². The minimum atomic E-state index is -6.04. The van der Waals surface area contributed by atoms with Crippen molar-refractivity contribution in [2.24, 2.45) is 11.8 Å². The molecule has 0 amide bonds. The van der Waals surface area contributed by atoms with Crippen molar-refractivity contribution in [2.45, 2.75) is 42.1 Å². The van der Waals surface area contributed by atoms with Gasteiger partial charge in [-0.15, -0.1) is 0 Å². The first-order chi connectivity index (χ1) is 16.1. The van der Waals surface area contributed by atoms with Crippen molar-refractivity contribution in [1.82, 2.24) is 0 Å². The molecule has 0 bridgehead atoms. The molecule has 3 aliphatic rings. The molecule has 0 N–H and O–H groups in total. The summed E-state index contributed by atoms with van der Waals surface area (Å²) in [5.41, 5.74) is -11.5. The second-order valence-corrected chi connectivity index (χ2v) is 11.9.